The van der Waals surface area contributed by atoms with E-state index in [1.54, 1.807) is 24.8 Å². The highest BCUT2D eigenvalue weighted by molar-refractivity contribution is 6.09. The lowest BCUT2D eigenvalue weighted by atomic mass is 9.95. The van der Waals surface area contributed by atoms with Gasteiger partial charge in [-0.3, -0.25) is 4.98 Å². The second-order valence-electron chi connectivity index (χ2n) is 13.2. The van der Waals surface area contributed by atoms with Crippen molar-refractivity contribution in [2.75, 3.05) is 0 Å². The van der Waals surface area contributed by atoms with Gasteiger partial charge in [-0.2, -0.15) is 0 Å². The van der Waals surface area contributed by atoms with Crippen molar-refractivity contribution in [1.82, 2.24) is 39.5 Å². The van der Waals surface area contributed by atoms with Crippen LogP contribution < -0.4 is 0 Å². The van der Waals surface area contributed by atoms with Crippen LogP contribution in [0.2, 0.25) is 0 Å². The normalized spacial score (nSPS) is 11.3. The molecule has 10 aromatic rings. The number of hydrogen-bond donors (Lipinski definition) is 0. The zero-order valence-corrected chi connectivity index (χ0v) is 29.4. The van der Waals surface area contributed by atoms with E-state index in [4.69, 9.17) is 9.97 Å². The van der Waals surface area contributed by atoms with Gasteiger partial charge < -0.3 is 4.57 Å². The maximum atomic E-state index is 5.00. The molecule has 6 heterocycles. The Kier molecular flexibility index (Phi) is 7.96. The summed E-state index contributed by atoms with van der Waals surface area (Å²) in [6, 6.07) is 46.7. The molecule has 0 saturated carbocycles. The summed E-state index contributed by atoms with van der Waals surface area (Å²) in [6.07, 6.45) is 14.0. The summed E-state index contributed by atoms with van der Waals surface area (Å²) >= 11 is 0. The Morgan fingerprint density at radius 1 is 0.327 bits per heavy atom. The molecule has 0 N–H and O–H groups in total. The molecule has 0 spiro atoms. The quantitative estimate of drug-likeness (QED) is 0.163. The van der Waals surface area contributed by atoms with Crippen molar-refractivity contribution < 1.29 is 0 Å². The second kappa shape index (κ2) is 13.7. The van der Waals surface area contributed by atoms with Gasteiger partial charge in [-0.15, -0.1) is 0 Å². The van der Waals surface area contributed by atoms with E-state index in [0.29, 0.717) is 0 Å². The van der Waals surface area contributed by atoms with Crippen molar-refractivity contribution in [3.63, 3.8) is 0 Å². The summed E-state index contributed by atoms with van der Waals surface area (Å²) in [6.45, 7) is 0. The van der Waals surface area contributed by atoms with Crippen molar-refractivity contribution in [3.8, 4) is 73.0 Å². The lowest BCUT2D eigenvalue weighted by Crippen LogP contribution is -1.96. The van der Waals surface area contributed by atoms with Crippen molar-refractivity contribution in [2.45, 2.75) is 0 Å². The molecule has 0 atom stereocenters. The van der Waals surface area contributed by atoms with Gasteiger partial charge in [0.1, 0.15) is 12.7 Å². The fourth-order valence-electron chi connectivity index (χ4n) is 7.26. The predicted molar refractivity (Wildman–Crippen MR) is 218 cm³/mol. The highest BCUT2D eigenvalue weighted by Gasteiger charge is 2.16. The van der Waals surface area contributed by atoms with Crippen LogP contribution in [0.4, 0.5) is 0 Å². The minimum atomic E-state index is 0.825. The zero-order valence-electron chi connectivity index (χ0n) is 29.4. The van der Waals surface area contributed by atoms with E-state index in [0.717, 1.165) is 94.8 Å². The van der Waals surface area contributed by atoms with Crippen LogP contribution in [-0.2, 0) is 0 Å². The van der Waals surface area contributed by atoms with Crippen LogP contribution >= 0.6 is 0 Å². The first-order chi connectivity index (χ1) is 27.2. The number of rotatable bonds is 7. The topological polar surface area (TPSA) is 95.2 Å². The number of fused-ring (bicyclic) bond motifs is 3. The molecule has 10 rings (SSSR count). The first-order valence-corrected chi connectivity index (χ1v) is 17.9. The molecule has 0 aliphatic rings. The van der Waals surface area contributed by atoms with Crippen LogP contribution in [0.5, 0.6) is 0 Å². The standard InChI is InChI=1S/C47H30N8/c1-2-16-46-40(11-1)41-28-48-18-17-47(41)55(46)39-22-35(31-7-3-9-33(19-31)42-12-5-14-44(53-42)37-24-49-29-50-25-37)21-36(23-39)32-8-4-10-34(20-32)43-13-6-15-45(54-43)38-26-51-30-52-27-38/h1-30H. The Balaban J connectivity index is 1.13. The molecule has 55 heavy (non-hydrogen) atoms. The molecule has 0 bridgehead atoms. The largest absolute Gasteiger partial charge is 0.309 e. The van der Waals surface area contributed by atoms with Crippen molar-refractivity contribution in [2.24, 2.45) is 0 Å². The van der Waals surface area contributed by atoms with Gasteiger partial charge in [-0.05, 0) is 89.0 Å². The molecule has 0 saturated heterocycles. The molecule has 0 radical (unpaired) electrons. The number of pyridine rings is 3. The van der Waals surface area contributed by atoms with Crippen molar-refractivity contribution in [1.29, 1.82) is 0 Å². The fraction of sp³-hybridized carbons (Fsp3) is 0. The van der Waals surface area contributed by atoms with E-state index in [1.165, 1.54) is 12.7 Å². The molecule has 0 aliphatic heterocycles. The Bertz CT molecular complexity index is 2800. The zero-order chi connectivity index (χ0) is 36.6. The SMILES string of the molecule is c1cc(-c2cc(-c3cccc(-c4cccc(-c5cncnc5)n4)c3)cc(-n3c4ccccc4c4cnccc43)c2)cc(-c2cccc(-c3cncnc3)n2)c1. The predicted octanol–water partition coefficient (Wildman–Crippen LogP) is 10.6. The van der Waals surface area contributed by atoms with Crippen LogP contribution in [-0.4, -0.2) is 39.5 Å². The molecule has 8 heteroatoms. The van der Waals surface area contributed by atoms with Gasteiger partial charge in [-0.25, -0.2) is 29.9 Å². The fourth-order valence-corrected chi connectivity index (χ4v) is 7.26. The van der Waals surface area contributed by atoms with Crippen LogP contribution in [0.15, 0.2) is 183 Å². The average molecular weight is 707 g/mol. The molecule has 0 amide bonds. The Morgan fingerprint density at radius 3 is 1.38 bits per heavy atom. The van der Waals surface area contributed by atoms with E-state index in [1.807, 2.05) is 48.8 Å². The van der Waals surface area contributed by atoms with Crippen LogP contribution in [0.25, 0.3) is 94.8 Å². The van der Waals surface area contributed by atoms with E-state index in [2.05, 4.69) is 127 Å². The molecule has 0 fully saturated rings. The first kappa shape index (κ1) is 32.0. The van der Waals surface area contributed by atoms with E-state index in [-0.39, 0.29) is 0 Å². The van der Waals surface area contributed by atoms with Crippen LogP contribution in [0.1, 0.15) is 0 Å². The van der Waals surface area contributed by atoms with Gasteiger partial charge >= 0.3 is 0 Å². The molecular formula is C47H30N8. The van der Waals surface area contributed by atoms with E-state index in [9.17, 15) is 0 Å². The minimum Gasteiger partial charge on any atom is -0.309 e. The Labute approximate surface area is 316 Å². The van der Waals surface area contributed by atoms with E-state index >= 15 is 0 Å². The highest BCUT2D eigenvalue weighted by Crippen LogP contribution is 2.37. The molecule has 4 aromatic carbocycles. The molecule has 8 nitrogen and oxygen atoms in total. The second-order valence-corrected chi connectivity index (χ2v) is 13.2. The smallest absolute Gasteiger partial charge is 0.115 e. The van der Waals surface area contributed by atoms with Gasteiger partial charge in [-0.1, -0.05) is 66.7 Å². The summed E-state index contributed by atoms with van der Waals surface area (Å²) in [5, 5.41) is 2.27. The summed E-state index contributed by atoms with van der Waals surface area (Å²) in [7, 11) is 0. The molecular weight excluding hydrogens is 677 g/mol. The van der Waals surface area contributed by atoms with Gasteiger partial charge in [0, 0.05) is 75.9 Å². The molecule has 258 valence electrons. The van der Waals surface area contributed by atoms with Gasteiger partial charge in [0.15, 0.2) is 0 Å². The molecule has 6 aromatic heterocycles. The van der Waals surface area contributed by atoms with E-state index < -0.39 is 0 Å². The van der Waals surface area contributed by atoms with Crippen molar-refractivity contribution >= 4 is 21.8 Å². The van der Waals surface area contributed by atoms with Gasteiger partial charge in [0.05, 0.1) is 33.8 Å². The highest BCUT2D eigenvalue weighted by atomic mass is 15.0. The summed E-state index contributed by atoms with van der Waals surface area (Å²) in [4.78, 5) is 31.3. The van der Waals surface area contributed by atoms with Crippen molar-refractivity contribution in [3.05, 3.63) is 183 Å². The minimum absolute atomic E-state index is 0.825. The van der Waals surface area contributed by atoms with Crippen LogP contribution in [0.3, 0.4) is 0 Å². The number of benzene rings is 4. The summed E-state index contributed by atoms with van der Waals surface area (Å²) in [5.74, 6) is 0. The van der Waals surface area contributed by atoms with Gasteiger partial charge in [0.2, 0.25) is 0 Å². The van der Waals surface area contributed by atoms with Crippen LogP contribution in [0, 0.1) is 0 Å². The maximum Gasteiger partial charge on any atom is 0.115 e. The number of aromatic nitrogens is 8. The third-order valence-corrected chi connectivity index (χ3v) is 9.84. The maximum absolute atomic E-state index is 5.00. The third kappa shape index (κ3) is 6.07. The third-order valence-electron chi connectivity index (χ3n) is 9.84. The summed E-state index contributed by atoms with van der Waals surface area (Å²) < 4.78 is 2.34. The number of para-hydroxylation sites is 1. The summed E-state index contributed by atoms with van der Waals surface area (Å²) in [5.41, 5.74) is 14.8. The first-order valence-electron chi connectivity index (χ1n) is 17.9. The van der Waals surface area contributed by atoms with Gasteiger partial charge in [0.25, 0.3) is 0 Å². The average Bonchev–Trinajstić information content (AvgIpc) is 3.61. The lowest BCUT2D eigenvalue weighted by Gasteiger charge is -2.15. The molecule has 0 unspecified atom stereocenters. The Hall–Kier alpha value is -7.71. The molecule has 0 aliphatic carbocycles. The number of nitrogens with zero attached hydrogens (tertiary/aromatic N) is 8. The Morgan fingerprint density at radius 2 is 0.800 bits per heavy atom. The monoisotopic (exact) mass is 706 g/mol. The lowest BCUT2D eigenvalue weighted by molar-refractivity contribution is 1.16. The number of hydrogen-bond acceptors (Lipinski definition) is 7.